The second kappa shape index (κ2) is 10.1. The molecule has 12 heteroatoms. The topological polar surface area (TPSA) is 110 Å². The van der Waals surface area contributed by atoms with Crippen molar-refractivity contribution in [1.29, 1.82) is 0 Å². The number of sulfonamides is 1. The number of carbonyl (C=O) groups is 3. The van der Waals surface area contributed by atoms with E-state index in [1.54, 1.807) is 12.1 Å². The van der Waals surface area contributed by atoms with Crippen molar-refractivity contribution < 1.29 is 27.2 Å². The van der Waals surface area contributed by atoms with Gasteiger partial charge in [-0.1, -0.05) is 12.1 Å². The molecule has 3 aliphatic heterocycles. The molecule has 41 heavy (non-hydrogen) atoms. The third kappa shape index (κ3) is 4.80. The van der Waals surface area contributed by atoms with Gasteiger partial charge in [-0.2, -0.15) is 4.31 Å². The molecule has 0 spiro atoms. The summed E-state index contributed by atoms with van der Waals surface area (Å²) in [4.78, 5) is 42.7. The van der Waals surface area contributed by atoms with E-state index in [4.69, 9.17) is 0 Å². The maximum atomic E-state index is 14.7. The summed E-state index contributed by atoms with van der Waals surface area (Å²) in [5, 5.41) is 4.05. The van der Waals surface area contributed by atoms with Crippen LogP contribution < -0.4 is 15.1 Å². The van der Waals surface area contributed by atoms with E-state index in [-0.39, 0.29) is 48.8 Å². The van der Waals surface area contributed by atoms with Crippen LogP contribution in [0.3, 0.4) is 0 Å². The smallest absolute Gasteiger partial charge is 0.255 e. The van der Waals surface area contributed by atoms with Gasteiger partial charge in [-0.3, -0.25) is 19.7 Å². The van der Waals surface area contributed by atoms with Crippen LogP contribution >= 0.6 is 0 Å². The number of amides is 3. The lowest BCUT2D eigenvalue weighted by molar-refractivity contribution is -0.136. The zero-order valence-electron chi connectivity index (χ0n) is 22.8. The quantitative estimate of drug-likeness (QED) is 0.462. The SMILES string of the molecule is CN(C)c1ccc2cc(S(=O)(=O)N3CCN(c4cc(F)cc5c4CN(C4CCC(=O)NC4=O)C5=O)CC3)ccc2c1. The fourth-order valence-electron chi connectivity index (χ4n) is 5.86. The molecule has 3 heterocycles. The summed E-state index contributed by atoms with van der Waals surface area (Å²) in [6, 6.07) is 12.7. The molecule has 0 aromatic heterocycles. The number of halogens is 1. The predicted octanol–water partition coefficient (Wildman–Crippen LogP) is 2.32. The van der Waals surface area contributed by atoms with Gasteiger partial charge in [0.25, 0.3) is 5.91 Å². The summed E-state index contributed by atoms with van der Waals surface area (Å²) in [5.41, 5.74) is 2.33. The minimum atomic E-state index is -3.76. The van der Waals surface area contributed by atoms with Gasteiger partial charge in [0.1, 0.15) is 11.9 Å². The van der Waals surface area contributed by atoms with Crippen molar-refractivity contribution in [3.63, 3.8) is 0 Å². The molecule has 1 atom stereocenters. The Balaban J connectivity index is 1.20. The Morgan fingerprint density at radius 1 is 0.927 bits per heavy atom. The van der Waals surface area contributed by atoms with Crippen LogP contribution in [0.5, 0.6) is 0 Å². The van der Waals surface area contributed by atoms with Gasteiger partial charge in [0, 0.05) is 75.7 Å². The molecule has 10 nitrogen and oxygen atoms in total. The number of piperidine rings is 1. The summed E-state index contributed by atoms with van der Waals surface area (Å²) in [7, 11) is 0.137. The van der Waals surface area contributed by atoms with Crippen LogP contribution in [0, 0.1) is 5.82 Å². The average Bonchev–Trinajstić information content (AvgIpc) is 3.27. The highest BCUT2D eigenvalue weighted by molar-refractivity contribution is 7.89. The number of rotatable bonds is 5. The van der Waals surface area contributed by atoms with Crippen molar-refractivity contribution in [1.82, 2.24) is 14.5 Å². The monoisotopic (exact) mass is 579 g/mol. The van der Waals surface area contributed by atoms with Crippen LogP contribution in [0.15, 0.2) is 53.4 Å². The number of carbonyl (C=O) groups excluding carboxylic acids is 3. The van der Waals surface area contributed by atoms with E-state index >= 15 is 0 Å². The number of anilines is 2. The molecule has 0 radical (unpaired) electrons. The lowest BCUT2D eigenvalue weighted by Crippen LogP contribution is -2.52. The minimum Gasteiger partial charge on any atom is -0.378 e. The zero-order chi connectivity index (χ0) is 29.1. The Hall–Kier alpha value is -4.03. The fourth-order valence-corrected chi connectivity index (χ4v) is 7.32. The molecular formula is C29H30FN5O5S. The van der Waals surface area contributed by atoms with Crippen LogP contribution in [0.1, 0.15) is 28.8 Å². The molecule has 214 valence electrons. The van der Waals surface area contributed by atoms with Crippen LogP contribution in [0.25, 0.3) is 10.8 Å². The number of imide groups is 1. The number of piperazine rings is 1. The zero-order valence-corrected chi connectivity index (χ0v) is 23.6. The molecule has 0 aliphatic carbocycles. The number of hydrogen-bond acceptors (Lipinski definition) is 7. The summed E-state index contributed by atoms with van der Waals surface area (Å²) in [5.74, 6) is -1.95. The normalized spacial score (nSPS) is 20.0. The first-order valence-electron chi connectivity index (χ1n) is 13.5. The highest BCUT2D eigenvalue weighted by Gasteiger charge is 2.41. The minimum absolute atomic E-state index is 0.112. The van der Waals surface area contributed by atoms with Crippen LogP contribution in [-0.2, 0) is 26.2 Å². The lowest BCUT2D eigenvalue weighted by atomic mass is 10.0. The van der Waals surface area contributed by atoms with Gasteiger partial charge in [-0.15, -0.1) is 0 Å². The van der Waals surface area contributed by atoms with Crippen LogP contribution in [0.2, 0.25) is 0 Å². The molecule has 2 fully saturated rings. The maximum Gasteiger partial charge on any atom is 0.255 e. The number of hydrogen-bond donors (Lipinski definition) is 1. The predicted molar refractivity (Wildman–Crippen MR) is 152 cm³/mol. The summed E-state index contributed by atoms with van der Waals surface area (Å²) in [6.45, 7) is 1.11. The molecule has 2 saturated heterocycles. The van der Waals surface area contributed by atoms with Crippen molar-refractivity contribution in [2.24, 2.45) is 0 Å². The Morgan fingerprint density at radius 2 is 1.63 bits per heavy atom. The van der Waals surface area contributed by atoms with Crippen LogP contribution in [-0.4, -0.2) is 81.7 Å². The Morgan fingerprint density at radius 3 is 2.34 bits per heavy atom. The van der Waals surface area contributed by atoms with E-state index in [2.05, 4.69) is 5.32 Å². The van der Waals surface area contributed by atoms with E-state index in [0.29, 0.717) is 24.3 Å². The van der Waals surface area contributed by atoms with Gasteiger partial charge >= 0.3 is 0 Å². The van der Waals surface area contributed by atoms with Gasteiger partial charge in [0.15, 0.2) is 0 Å². The molecule has 0 saturated carbocycles. The lowest BCUT2D eigenvalue weighted by Gasteiger charge is -2.36. The van der Waals surface area contributed by atoms with Gasteiger partial charge < -0.3 is 14.7 Å². The van der Waals surface area contributed by atoms with Gasteiger partial charge in [-0.05, 0) is 53.6 Å². The van der Waals surface area contributed by atoms with Crippen molar-refractivity contribution in [2.45, 2.75) is 30.3 Å². The third-order valence-corrected chi connectivity index (χ3v) is 10.0. The van der Waals surface area contributed by atoms with Crippen molar-refractivity contribution in [2.75, 3.05) is 50.1 Å². The van der Waals surface area contributed by atoms with E-state index in [1.165, 1.54) is 21.3 Å². The summed E-state index contributed by atoms with van der Waals surface area (Å²) < 4.78 is 43.2. The Kier molecular flexibility index (Phi) is 6.69. The number of fused-ring (bicyclic) bond motifs is 2. The number of benzene rings is 3. The summed E-state index contributed by atoms with van der Waals surface area (Å²) >= 11 is 0. The number of nitrogens with one attached hydrogen (secondary N) is 1. The molecule has 0 bridgehead atoms. The van der Waals surface area contributed by atoms with Gasteiger partial charge in [0.2, 0.25) is 21.8 Å². The van der Waals surface area contributed by atoms with Crippen molar-refractivity contribution in [3.8, 4) is 0 Å². The standard InChI is InChI=1S/C29H30FN5O5S/c1-32(2)21-5-3-19-14-22(6-4-18(19)13-21)41(39,40)34-11-9-33(10-12-34)26-16-20(30)15-23-24(26)17-35(29(23)38)25-7-8-27(36)31-28(25)37/h3-6,13-16,25H,7-12,17H2,1-2H3,(H,31,36,37). The molecule has 3 amide bonds. The van der Waals surface area contributed by atoms with E-state index in [1.807, 2.05) is 48.2 Å². The van der Waals surface area contributed by atoms with Crippen molar-refractivity contribution in [3.05, 3.63) is 65.5 Å². The first-order valence-corrected chi connectivity index (χ1v) is 14.9. The van der Waals surface area contributed by atoms with E-state index in [9.17, 15) is 27.2 Å². The molecule has 1 N–H and O–H groups in total. The van der Waals surface area contributed by atoms with E-state index < -0.39 is 33.7 Å². The fraction of sp³-hybridized carbons (Fsp3) is 0.345. The molecular weight excluding hydrogens is 549 g/mol. The van der Waals surface area contributed by atoms with Gasteiger partial charge in [0.05, 0.1) is 4.90 Å². The Bertz CT molecular complexity index is 1700. The van der Waals surface area contributed by atoms with Gasteiger partial charge in [-0.25, -0.2) is 12.8 Å². The second-order valence-electron chi connectivity index (χ2n) is 10.8. The second-order valence-corrected chi connectivity index (χ2v) is 12.8. The molecule has 3 aliphatic rings. The first kappa shape index (κ1) is 27.2. The van der Waals surface area contributed by atoms with E-state index in [0.717, 1.165) is 16.5 Å². The first-order chi connectivity index (χ1) is 19.5. The number of nitrogens with zero attached hydrogens (tertiary/aromatic N) is 4. The Labute approximate surface area is 237 Å². The summed E-state index contributed by atoms with van der Waals surface area (Å²) in [6.07, 6.45) is 0.340. The average molecular weight is 580 g/mol. The molecule has 1 unspecified atom stereocenters. The largest absolute Gasteiger partial charge is 0.378 e. The molecule has 3 aromatic carbocycles. The highest BCUT2D eigenvalue weighted by atomic mass is 32.2. The maximum absolute atomic E-state index is 14.7. The highest BCUT2D eigenvalue weighted by Crippen LogP contribution is 2.36. The molecule has 3 aromatic rings. The van der Waals surface area contributed by atoms with Crippen molar-refractivity contribution >= 4 is 49.9 Å². The molecule has 6 rings (SSSR count). The van der Waals surface area contributed by atoms with Crippen LogP contribution in [0.4, 0.5) is 15.8 Å². The third-order valence-electron chi connectivity index (χ3n) is 8.13.